The second-order valence-electron chi connectivity index (χ2n) is 6.25. The lowest BCUT2D eigenvalue weighted by Crippen LogP contribution is -2.38. The molecule has 1 amide bonds. The number of carbonyl (C=O) groups excluding carboxylic acids is 1. The highest BCUT2D eigenvalue weighted by Crippen LogP contribution is 2.38. The number of hydrogen-bond donors (Lipinski definition) is 2. The van der Waals surface area contributed by atoms with Gasteiger partial charge in [0.1, 0.15) is 6.61 Å². The summed E-state index contributed by atoms with van der Waals surface area (Å²) in [5.74, 6) is 0.355. The van der Waals surface area contributed by atoms with Crippen molar-refractivity contribution in [2.24, 2.45) is 23.7 Å². The van der Waals surface area contributed by atoms with Gasteiger partial charge in [-0.3, -0.25) is 9.59 Å². The van der Waals surface area contributed by atoms with Crippen LogP contribution in [-0.2, 0) is 14.3 Å². The molecule has 1 aliphatic carbocycles. The minimum atomic E-state index is -0.748. The third-order valence-corrected chi connectivity index (χ3v) is 4.32. The molecule has 120 valence electrons. The van der Waals surface area contributed by atoms with Crippen molar-refractivity contribution in [2.75, 3.05) is 20.3 Å². The molecule has 21 heavy (non-hydrogen) atoms. The highest BCUT2D eigenvalue weighted by Gasteiger charge is 2.32. The summed E-state index contributed by atoms with van der Waals surface area (Å²) in [6, 6.07) is 0. The van der Waals surface area contributed by atoms with Gasteiger partial charge in [0.25, 0.3) is 0 Å². The molecular weight excluding hydrogens is 270 g/mol. The van der Waals surface area contributed by atoms with Crippen LogP contribution in [0.4, 0.5) is 0 Å². The third-order valence-electron chi connectivity index (χ3n) is 4.32. The van der Waals surface area contributed by atoms with E-state index in [0.717, 1.165) is 12.0 Å². The number of ether oxygens (including phenoxy) is 1. The van der Waals surface area contributed by atoms with Gasteiger partial charge in [-0.05, 0) is 37.0 Å². The van der Waals surface area contributed by atoms with Crippen LogP contribution in [0.1, 0.15) is 33.6 Å². The summed E-state index contributed by atoms with van der Waals surface area (Å²) in [6.45, 7) is 6.96. The summed E-state index contributed by atoms with van der Waals surface area (Å²) >= 11 is 0. The predicted molar refractivity (Wildman–Crippen MR) is 80.8 cm³/mol. The maximum Gasteiger partial charge on any atom is 0.303 e. The van der Waals surface area contributed by atoms with Crippen molar-refractivity contribution in [1.29, 1.82) is 0 Å². The first-order valence-corrected chi connectivity index (χ1v) is 7.50. The smallest absolute Gasteiger partial charge is 0.303 e. The molecule has 5 heteroatoms. The minimum absolute atomic E-state index is 0.0728. The Kier molecular flexibility index (Phi) is 6.89. The molecule has 0 aromatic heterocycles. The predicted octanol–water partition coefficient (Wildman–Crippen LogP) is 2.08. The maximum absolute atomic E-state index is 11.5. The van der Waals surface area contributed by atoms with Crippen molar-refractivity contribution in [3.05, 3.63) is 11.6 Å². The number of aliphatic carboxylic acids is 1. The van der Waals surface area contributed by atoms with Crippen LogP contribution < -0.4 is 5.32 Å². The number of methoxy groups -OCH3 is 1. The van der Waals surface area contributed by atoms with E-state index >= 15 is 0 Å². The first kappa shape index (κ1) is 17.7. The standard InChI is InChI=1S/C16H27NO4/c1-10(2)14-6-12(7-16(19)20)11(3)5-13(14)8-17-15(18)9-21-4/h5,10,12-14H,6-9H2,1-4H3,(H,17,18)(H,19,20)/t12-,13-,14-/m0/s1. The lowest BCUT2D eigenvalue weighted by atomic mass is 9.70. The molecule has 3 atom stereocenters. The lowest BCUT2D eigenvalue weighted by molar-refractivity contribution is -0.138. The molecular formula is C16H27NO4. The van der Waals surface area contributed by atoms with Crippen molar-refractivity contribution >= 4 is 11.9 Å². The van der Waals surface area contributed by atoms with Gasteiger partial charge in [-0.25, -0.2) is 0 Å². The Morgan fingerprint density at radius 2 is 2.14 bits per heavy atom. The van der Waals surface area contributed by atoms with Crippen LogP contribution in [0.5, 0.6) is 0 Å². The van der Waals surface area contributed by atoms with E-state index < -0.39 is 5.97 Å². The van der Waals surface area contributed by atoms with Crippen molar-refractivity contribution in [3.63, 3.8) is 0 Å². The fraction of sp³-hybridized carbons (Fsp3) is 0.750. The zero-order valence-corrected chi connectivity index (χ0v) is 13.4. The van der Waals surface area contributed by atoms with E-state index in [1.165, 1.54) is 7.11 Å². The first-order chi connectivity index (χ1) is 9.85. The molecule has 0 fully saturated rings. The summed E-state index contributed by atoms with van der Waals surface area (Å²) in [7, 11) is 1.50. The zero-order chi connectivity index (χ0) is 16.0. The number of carboxylic acids is 1. The molecule has 0 aromatic rings. The van der Waals surface area contributed by atoms with Gasteiger partial charge < -0.3 is 15.2 Å². The molecule has 0 unspecified atom stereocenters. The average Bonchev–Trinajstić information content (AvgIpc) is 2.38. The molecule has 1 rings (SSSR count). The number of nitrogens with one attached hydrogen (secondary N) is 1. The Hall–Kier alpha value is -1.36. The number of allylic oxidation sites excluding steroid dienone is 1. The van der Waals surface area contributed by atoms with Gasteiger partial charge in [-0.1, -0.05) is 25.5 Å². The summed E-state index contributed by atoms with van der Waals surface area (Å²) in [4.78, 5) is 22.5. The monoisotopic (exact) mass is 297 g/mol. The van der Waals surface area contributed by atoms with Gasteiger partial charge in [0, 0.05) is 13.7 Å². The van der Waals surface area contributed by atoms with E-state index in [4.69, 9.17) is 9.84 Å². The van der Waals surface area contributed by atoms with Crippen LogP contribution in [0.2, 0.25) is 0 Å². The Bertz CT molecular complexity index is 403. The molecule has 2 N–H and O–H groups in total. The molecule has 0 spiro atoms. The van der Waals surface area contributed by atoms with Gasteiger partial charge in [-0.2, -0.15) is 0 Å². The Labute approximate surface area is 126 Å². The average molecular weight is 297 g/mol. The van der Waals surface area contributed by atoms with Crippen LogP contribution in [0.3, 0.4) is 0 Å². The summed E-state index contributed by atoms with van der Waals surface area (Å²) < 4.78 is 4.81. The topological polar surface area (TPSA) is 75.6 Å². The third kappa shape index (κ3) is 5.50. The van der Waals surface area contributed by atoms with Crippen LogP contribution >= 0.6 is 0 Å². The SMILES string of the molecule is COCC(=O)NC[C@@H]1C=C(C)[C@H](CC(=O)O)C[C@H]1C(C)C. The van der Waals surface area contributed by atoms with E-state index in [1.807, 2.05) is 6.92 Å². The molecule has 5 nitrogen and oxygen atoms in total. The zero-order valence-electron chi connectivity index (χ0n) is 13.4. The molecule has 0 bridgehead atoms. The second-order valence-corrected chi connectivity index (χ2v) is 6.25. The highest BCUT2D eigenvalue weighted by molar-refractivity contribution is 5.77. The number of amides is 1. The first-order valence-electron chi connectivity index (χ1n) is 7.50. The van der Waals surface area contributed by atoms with Crippen molar-refractivity contribution in [1.82, 2.24) is 5.32 Å². The molecule has 0 saturated heterocycles. The van der Waals surface area contributed by atoms with Gasteiger partial charge in [0.15, 0.2) is 0 Å². The van der Waals surface area contributed by atoms with Gasteiger partial charge >= 0.3 is 5.97 Å². The van der Waals surface area contributed by atoms with Crippen molar-refractivity contribution in [3.8, 4) is 0 Å². The van der Waals surface area contributed by atoms with Crippen molar-refractivity contribution in [2.45, 2.75) is 33.6 Å². The van der Waals surface area contributed by atoms with E-state index in [2.05, 4.69) is 25.2 Å². The fourth-order valence-electron chi connectivity index (χ4n) is 3.13. The Morgan fingerprint density at radius 3 is 2.67 bits per heavy atom. The number of rotatable bonds is 7. The fourth-order valence-corrected chi connectivity index (χ4v) is 3.13. The van der Waals surface area contributed by atoms with E-state index in [1.54, 1.807) is 0 Å². The van der Waals surface area contributed by atoms with Crippen LogP contribution in [-0.4, -0.2) is 37.2 Å². The van der Waals surface area contributed by atoms with Crippen LogP contribution in [0.15, 0.2) is 11.6 Å². The second kappa shape index (κ2) is 8.17. The Morgan fingerprint density at radius 1 is 1.48 bits per heavy atom. The molecule has 0 saturated carbocycles. The van der Waals surface area contributed by atoms with Gasteiger partial charge in [-0.15, -0.1) is 0 Å². The maximum atomic E-state index is 11.5. The molecule has 0 radical (unpaired) electrons. The molecule has 0 aromatic carbocycles. The largest absolute Gasteiger partial charge is 0.481 e. The summed E-state index contributed by atoms with van der Waals surface area (Å²) in [5.41, 5.74) is 1.13. The van der Waals surface area contributed by atoms with Crippen LogP contribution in [0.25, 0.3) is 0 Å². The van der Waals surface area contributed by atoms with E-state index in [-0.39, 0.29) is 30.8 Å². The number of carboxylic acid groups (broad SMARTS) is 1. The quantitative estimate of drug-likeness (QED) is 0.705. The Balaban J connectivity index is 2.73. The normalized spacial score (nSPS) is 25.6. The van der Waals surface area contributed by atoms with E-state index in [0.29, 0.717) is 18.4 Å². The van der Waals surface area contributed by atoms with Crippen molar-refractivity contribution < 1.29 is 19.4 Å². The molecule has 1 aliphatic rings. The van der Waals surface area contributed by atoms with Gasteiger partial charge in [0.05, 0.1) is 6.42 Å². The van der Waals surface area contributed by atoms with E-state index in [9.17, 15) is 9.59 Å². The number of hydrogen-bond acceptors (Lipinski definition) is 3. The molecule has 0 heterocycles. The highest BCUT2D eigenvalue weighted by atomic mass is 16.5. The summed E-state index contributed by atoms with van der Waals surface area (Å²) in [6.07, 6.45) is 3.21. The van der Waals surface area contributed by atoms with Crippen LogP contribution in [0, 0.1) is 23.7 Å². The minimum Gasteiger partial charge on any atom is -0.481 e. The summed E-state index contributed by atoms with van der Waals surface area (Å²) in [5, 5.41) is 11.9. The lowest BCUT2D eigenvalue weighted by Gasteiger charge is -2.36. The van der Waals surface area contributed by atoms with Gasteiger partial charge in [0.2, 0.25) is 5.91 Å². The molecule has 0 aliphatic heterocycles. The number of carbonyl (C=O) groups is 2.